The fourth-order valence-electron chi connectivity index (χ4n) is 3.17. The van der Waals surface area contributed by atoms with Crippen LogP contribution < -0.4 is 5.73 Å². The fourth-order valence-corrected chi connectivity index (χ4v) is 4.65. The lowest BCUT2D eigenvalue weighted by Gasteiger charge is -2.36. The Morgan fingerprint density at radius 1 is 0.889 bits per heavy atom. The van der Waals surface area contributed by atoms with Crippen molar-refractivity contribution in [2.24, 2.45) is 5.73 Å². The first-order valence-electron chi connectivity index (χ1n) is 8.84. The van der Waals surface area contributed by atoms with E-state index in [0.29, 0.717) is 5.75 Å². The molecule has 3 N–H and O–H groups in total. The molecule has 1 atom stereocenters. The number of carbonyl (C=O) groups is 1. The van der Waals surface area contributed by atoms with E-state index in [9.17, 15) is 9.90 Å². The minimum atomic E-state index is -0.985. The third-order valence-electron chi connectivity index (χ3n) is 4.62. The summed E-state index contributed by atoms with van der Waals surface area (Å²) in [5, 5.41) is 9.29. The van der Waals surface area contributed by atoms with Gasteiger partial charge >= 0.3 is 5.97 Å². The maximum Gasteiger partial charge on any atom is 0.321 e. The molecule has 3 aromatic carbocycles. The van der Waals surface area contributed by atoms with Crippen LogP contribution in [0.25, 0.3) is 0 Å². The number of benzene rings is 3. The van der Waals surface area contributed by atoms with Crippen molar-refractivity contribution in [2.45, 2.75) is 17.7 Å². The van der Waals surface area contributed by atoms with Crippen molar-refractivity contribution in [3.8, 4) is 0 Å². The molecular formula is C23H23NO2S. The first-order chi connectivity index (χ1) is 13.0. The van der Waals surface area contributed by atoms with Gasteiger partial charge in [0, 0.05) is 5.75 Å². The molecule has 138 valence electrons. The van der Waals surface area contributed by atoms with Gasteiger partial charge < -0.3 is 10.8 Å². The zero-order valence-electron chi connectivity index (χ0n) is 15.2. The van der Waals surface area contributed by atoms with Crippen molar-refractivity contribution in [3.63, 3.8) is 0 Å². The molecule has 0 saturated heterocycles. The number of aliphatic carboxylic acids is 1. The van der Waals surface area contributed by atoms with Crippen molar-refractivity contribution >= 4 is 17.7 Å². The topological polar surface area (TPSA) is 63.3 Å². The molecule has 0 bridgehead atoms. The number of nitrogens with two attached hydrogens (primary N) is 1. The van der Waals surface area contributed by atoms with Gasteiger partial charge in [0.15, 0.2) is 0 Å². The predicted octanol–water partition coefficient (Wildman–Crippen LogP) is 4.43. The fraction of sp³-hybridized carbons (Fsp3) is 0.174. The zero-order chi connectivity index (χ0) is 19.3. The van der Waals surface area contributed by atoms with Gasteiger partial charge in [-0.3, -0.25) is 4.79 Å². The molecular weight excluding hydrogens is 354 g/mol. The van der Waals surface area contributed by atoms with Crippen LogP contribution in [0.5, 0.6) is 0 Å². The summed E-state index contributed by atoms with van der Waals surface area (Å²) in [6.45, 7) is 2.06. The number of thioether (sulfide) groups is 1. The summed E-state index contributed by atoms with van der Waals surface area (Å²) >= 11 is 1.56. The Labute approximate surface area is 164 Å². The Morgan fingerprint density at radius 3 is 1.78 bits per heavy atom. The SMILES string of the molecule is Cc1ccc(C(SCC(N)C(=O)O)(c2ccccc2)c2ccccc2)cc1. The molecule has 0 aromatic heterocycles. The minimum Gasteiger partial charge on any atom is -0.480 e. The zero-order valence-corrected chi connectivity index (χ0v) is 16.0. The largest absolute Gasteiger partial charge is 0.480 e. The quantitative estimate of drug-likeness (QED) is 0.598. The lowest BCUT2D eigenvalue weighted by molar-refractivity contribution is -0.137. The molecule has 0 aliphatic heterocycles. The predicted molar refractivity (Wildman–Crippen MR) is 112 cm³/mol. The lowest BCUT2D eigenvalue weighted by atomic mass is 9.84. The van der Waals surface area contributed by atoms with E-state index in [1.165, 1.54) is 5.56 Å². The third kappa shape index (κ3) is 4.07. The second-order valence-electron chi connectivity index (χ2n) is 6.53. The Kier molecular flexibility index (Phi) is 5.99. The van der Waals surface area contributed by atoms with Crippen LogP contribution in [0.3, 0.4) is 0 Å². The molecule has 27 heavy (non-hydrogen) atoms. The number of aryl methyl sites for hydroxylation is 1. The van der Waals surface area contributed by atoms with E-state index in [1.54, 1.807) is 11.8 Å². The van der Waals surface area contributed by atoms with Gasteiger partial charge in [0.2, 0.25) is 0 Å². The molecule has 1 unspecified atom stereocenters. The van der Waals surface area contributed by atoms with Gasteiger partial charge in [0.1, 0.15) is 6.04 Å². The van der Waals surface area contributed by atoms with Crippen LogP contribution in [-0.4, -0.2) is 22.9 Å². The summed E-state index contributed by atoms with van der Waals surface area (Å²) in [6, 6.07) is 27.9. The van der Waals surface area contributed by atoms with E-state index in [4.69, 9.17) is 5.73 Å². The Hall–Kier alpha value is -2.56. The van der Waals surface area contributed by atoms with Crippen LogP contribution in [0.2, 0.25) is 0 Å². The van der Waals surface area contributed by atoms with Crippen molar-refractivity contribution in [3.05, 3.63) is 107 Å². The van der Waals surface area contributed by atoms with E-state index in [1.807, 2.05) is 36.4 Å². The van der Waals surface area contributed by atoms with Crippen LogP contribution in [-0.2, 0) is 9.54 Å². The van der Waals surface area contributed by atoms with Crippen molar-refractivity contribution < 1.29 is 9.90 Å². The molecule has 3 rings (SSSR count). The highest BCUT2D eigenvalue weighted by atomic mass is 32.2. The molecule has 0 fully saturated rings. The van der Waals surface area contributed by atoms with Gasteiger partial charge in [0.25, 0.3) is 0 Å². The van der Waals surface area contributed by atoms with Gasteiger partial charge in [-0.2, -0.15) is 0 Å². The van der Waals surface area contributed by atoms with Crippen molar-refractivity contribution in [1.82, 2.24) is 0 Å². The normalized spacial score (nSPS) is 12.5. The Morgan fingerprint density at radius 2 is 1.33 bits per heavy atom. The maximum absolute atomic E-state index is 11.3. The van der Waals surface area contributed by atoms with Gasteiger partial charge in [-0.15, -0.1) is 11.8 Å². The molecule has 3 nitrogen and oxygen atoms in total. The molecule has 0 heterocycles. The molecule has 0 radical (unpaired) electrons. The lowest BCUT2D eigenvalue weighted by Crippen LogP contribution is -2.36. The number of hydrogen-bond donors (Lipinski definition) is 2. The van der Waals surface area contributed by atoms with E-state index in [0.717, 1.165) is 16.7 Å². The number of carboxylic acid groups (broad SMARTS) is 1. The number of rotatable bonds is 7. The molecule has 0 saturated carbocycles. The van der Waals surface area contributed by atoms with Crippen LogP contribution in [0.1, 0.15) is 22.3 Å². The average Bonchev–Trinajstić information content (AvgIpc) is 2.71. The number of carboxylic acids is 1. The van der Waals surface area contributed by atoms with Gasteiger partial charge in [-0.05, 0) is 23.6 Å². The van der Waals surface area contributed by atoms with Gasteiger partial charge in [-0.1, -0.05) is 90.5 Å². The molecule has 4 heteroatoms. The minimum absolute atomic E-state index is 0.299. The molecule has 0 aliphatic carbocycles. The van der Waals surface area contributed by atoms with Crippen LogP contribution in [0.15, 0.2) is 84.9 Å². The van der Waals surface area contributed by atoms with Crippen LogP contribution in [0.4, 0.5) is 0 Å². The summed E-state index contributed by atoms with van der Waals surface area (Å²) < 4.78 is -0.538. The third-order valence-corrected chi connectivity index (χ3v) is 6.28. The van der Waals surface area contributed by atoms with E-state index < -0.39 is 16.8 Å². The summed E-state index contributed by atoms with van der Waals surface area (Å²) in [4.78, 5) is 11.3. The van der Waals surface area contributed by atoms with E-state index >= 15 is 0 Å². The molecule has 0 amide bonds. The standard InChI is InChI=1S/C23H23NO2S/c1-17-12-14-20(15-13-17)23(18-8-4-2-5-9-18,19-10-6-3-7-11-19)27-16-21(24)22(25)26/h2-15,21H,16,24H2,1H3,(H,25,26). The monoisotopic (exact) mass is 377 g/mol. The van der Waals surface area contributed by atoms with E-state index in [-0.39, 0.29) is 0 Å². The summed E-state index contributed by atoms with van der Waals surface area (Å²) in [6.07, 6.45) is 0. The van der Waals surface area contributed by atoms with Gasteiger partial charge in [-0.25, -0.2) is 0 Å². The van der Waals surface area contributed by atoms with Crippen LogP contribution in [0, 0.1) is 6.92 Å². The molecule has 3 aromatic rings. The highest BCUT2D eigenvalue weighted by molar-refractivity contribution is 8.00. The molecule has 0 spiro atoms. The summed E-state index contributed by atoms with van der Waals surface area (Å²) in [7, 11) is 0. The highest BCUT2D eigenvalue weighted by Crippen LogP contribution is 2.48. The number of hydrogen-bond acceptors (Lipinski definition) is 3. The Bertz CT molecular complexity index is 840. The second kappa shape index (κ2) is 8.42. The summed E-state index contributed by atoms with van der Waals surface area (Å²) in [5.41, 5.74) is 10.3. The Balaban J connectivity index is 2.21. The maximum atomic E-state index is 11.3. The second-order valence-corrected chi connectivity index (χ2v) is 7.77. The smallest absolute Gasteiger partial charge is 0.321 e. The average molecular weight is 378 g/mol. The van der Waals surface area contributed by atoms with Gasteiger partial charge in [0.05, 0.1) is 4.75 Å². The highest BCUT2D eigenvalue weighted by Gasteiger charge is 2.37. The first kappa shape index (κ1) is 19.2. The summed E-state index contributed by atoms with van der Waals surface area (Å²) in [5.74, 6) is -0.686. The van der Waals surface area contributed by atoms with E-state index in [2.05, 4.69) is 55.5 Å². The molecule has 0 aliphatic rings. The van der Waals surface area contributed by atoms with Crippen molar-refractivity contribution in [1.29, 1.82) is 0 Å². The van der Waals surface area contributed by atoms with Crippen LogP contribution >= 0.6 is 11.8 Å². The van der Waals surface area contributed by atoms with Crippen molar-refractivity contribution in [2.75, 3.05) is 5.75 Å². The first-order valence-corrected chi connectivity index (χ1v) is 9.83.